The number of hydrogen-bond donors (Lipinski definition) is 4. The SMILES string of the molecule is CCOC(=O)c1cc(O)c(-c2cc(O)cc(O)c2)c(O)c1. The zero-order valence-corrected chi connectivity index (χ0v) is 11.2. The molecule has 2 rings (SSSR count). The topological polar surface area (TPSA) is 107 Å². The number of benzene rings is 2. The van der Waals surface area contributed by atoms with Gasteiger partial charge in [0.25, 0.3) is 0 Å². The summed E-state index contributed by atoms with van der Waals surface area (Å²) in [6, 6.07) is 5.93. The minimum absolute atomic E-state index is 0.0000231. The van der Waals surface area contributed by atoms with E-state index in [4.69, 9.17) is 4.74 Å². The lowest BCUT2D eigenvalue weighted by atomic mass is 10.0. The second-order valence-electron chi connectivity index (χ2n) is 4.35. The van der Waals surface area contributed by atoms with Gasteiger partial charge >= 0.3 is 5.97 Å². The number of esters is 1. The summed E-state index contributed by atoms with van der Waals surface area (Å²) in [5.41, 5.74) is 0.201. The number of phenols is 4. The minimum atomic E-state index is -0.673. The van der Waals surface area contributed by atoms with Crippen LogP contribution in [-0.4, -0.2) is 33.0 Å². The Labute approximate surface area is 120 Å². The van der Waals surface area contributed by atoms with Crippen LogP contribution in [0.4, 0.5) is 0 Å². The predicted molar refractivity (Wildman–Crippen MR) is 74.5 cm³/mol. The molecule has 6 heteroatoms. The van der Waals surface area contributed by atoms with Gasteiger partial charge in [-0.15, -0.1) is 0 Å². The Hall–Kier alpha value is -2.89. The van der Waals surface area contributed by atoms with Gasteiger partial charge in [0, 0.05) is 6.07 Å². The Morgan fingerprint density at radius 3 is 1.95 bits per heavy atom. The molecule has 21 heavy (non-hydrogen) atoms. The van der Waals surface area contributed by atoms with E-state index >= 15 is 0 Å². The van der Waals surface area contributed by atoms with Gasteiger partial charge in [0.15, 0.2) is 0 Å². The van der Waals surface area contributed by atoms with Crippen LogP contribution in [0.15, 0.2) is 30.3 Å². The molecule has 0 bridgehead atoms. The van der Waals surface area contributed by atoms with E-state index in [9.17, 15) is 25.2 Å². The van der Waals surface area contributed by atoms with Crippen molar-refractivity contribution in [1.29, 1.82) is 0 Å². The summed E-state index contributed by atoms with van der Waals surface area (Å²) in [6.07, 6.45) is 0. The largest absolute Gasteiger partial charge is 0.508 e. The molecule has 6 nitrogen and oxygen atoms in total. The lowest BCUT2D eigenvalue weighted by molar-refractivity contribution is 0.0525. The van der Waals surface area contributed by atoms with E-state index in [-0.39, 0.29) is 46.3 Å². The standard InChI is InChI=1S/C15H14O6/c1-2-21-15(20)9-5-12(18)14(13(19)6-9)8-3-10(16)7-11(17)4-8/h3-7,16-19H,2H2,1H3. The van der Waals surface area contributed by atoms with Crippen molar-refractivity contribution in [3.8, 4) is 34.1 Å². The van der Waals surface area contributed by atoms with E-state index in [0.29, 0.717) is 0 Å². The molecular weight excluding hydrogens is 276 g/mol. The molecule has 0 amide bonds. The zero-order chi connectivity index (χ0) is 15.6. The van der Waals surface area contributed by atoms with E-state index < -0.39 is 5.97 Å². The second kappa shape index (κ2) is 5.62. The number of aromatic hydroxyl groups is 4. The summed E-state index contributed by atoms with van der Waals surface area (Å²) in [6.45, 7) is 1.81. The summed E-state index contributed by atoms with van der Waals surface area (Å²) >= 11 is 0. The molecule has 110 valence electrons. The second-order valence-corrected chi connectivity index (χ2v) is 4.35. The average Bonchev–Trinajstić information content (AvgIpc) is 2.36. The maximum absolute atomic E-state index is 11.6. The smallest absolute Gasteiger partial charge is 0.338 e. The molecule has 4 N–H and O–H groups in total. The molecule has 0 saturated carbocycles. The van der Waals surface area contributed by atoms with Crippen LogP contribution in [0.25, 0.3) is 11.1 Å². The summed E-state index contributed by atoms with van der Waals surface area (Å²) in [5.74, 6) is -1.86. The van der Waals surface area contributed by atoms with Gasteiger partial charge in [-0.25, -0.2) is 4.79 Å². The van der Waals surface area contributed by atoms with Crippen molar-refractivity contribution < 1.29 is 30.0 Å². The quantitative estimate of drug-likeness (QED) is 0.646. The van der Waals surface area contributed by atoms with Crippen LogP contribution >= 0.6 is 0 Å². The molecule has 0 fully saturated rings. The third kappa shape index (κ3) is 3.00. The van der Waals surface area contributed by atoms with Crippen LogP contribution in [0, 0.1) is 0 Å². The van der Waals surface area contributed by atoms with Crippen LogP contribution in [0.3, 0.4) is 0 Å². The summed E-state index contributed by atoms with van der Waals surface area (Å²) < 4.78 is 4.78. The highest BCUT2D eigenvalue weighted by atomic mass is 16.5. The van der Waals surface area contributed by atoms with E-state index in [1.54, 1.807) is 6.92 Å². The molecule has 2 aromatic rings. The van der Waals surface area contributed by atoms with Gasteiger partial charge in [0.2, 0.25) is 0 Å². The van der Waals surface area contributed by atoms with Crippen molar-refractivity contribution in [3.63, 3.8) is 0 Å². The van der Waals surface area contributed by atoms with Crippen molar-refractivity contribution in [2.75, 3.05) is 6.61 Å². The van der Waals surface area contributed by atoms with Crippen LogP contribution in [-0.2, 0) is 4.74 Å². The molecule has 0 radical (unpaired) electrons. The van der Waals surface area contributed by atoms with Crippen molar-refractivity contribution >= 4 is 5.97 Å². The van der Waals surface area contributed by atoms with E-state index in [2.05, 4.69) is 0 Å². The van der Waals surface area contributed by atoms with Gasteiger partial charge in [0.05, 0.1) is 17.7 Å². The monoisotopic (exact) mass is 290 g/mol. The molecule has 0 heterocycles. The Balaban J connectivity index is 2.53. The molecular formula is C15H14O6. The van der Waals surface area contributed by atoms with Crippen molar-refractivity contribution in [2.45, 2.75) is 6.92 Å². The Bertz CT molecular complexity index is 649. The molecule has 0 aliphatic heterocycles. The van der Waals surface area contributed by atoms with Crippen molar-refractivity contribution in [1.82, 2.24) is 0 Å². The number of carbonyl (C=O) groups is 1. The first kappa shape index (κ1) is 14.5. The first-order valence-corrected chi connectivity index (χ1v) is 6.19. The summed E-state index contributed by atoms with van der Waals surface area (Å²) in [5, 5.41) is 38.9. The van der Waals surface area contributed by atoms with Crippen LogP contribution in [0.5, 0.6) is 23.0 Å². The number of phenolic OH excluding ortho intramolecular Hbond substituents is 4. The molecule has 0 unspecified atom stereocenters. The highest BCUT2D eigenvalue weighted by Gasteiger charge is 2.17. The molecule has 0 aromatic heterocycles. The van der Waals surface area contributed by atoms with E-state index in [1.165, 1.54) is 12.1 Å². The van der Waals surface area contributed by atoms with Crippen LogP contribution in [0.2, 0.25) is 0 Å². The van der Waals surface area contributed by atoms with Crippen LogP contribution in [0.1, 0.15) is 17.3 Å². The number of ether oxygens (including phenoxy) is 1. The maximum atomic E-state index is 11.6. The number of rotatable bonds is 3. The van der Waals surface area contributed by atoms with Gasteiger partial charge < -0.3 is 25.2 Å². The summed E-state index contributed by atoms with van der Waals surface area (Å²) in [4.78, 5) is 11.6. The van der Waals surface area contributed by atoms with Crippen molar-refractivity contribution in [3.05, 3.63) is 35.9 Å². The number of hydrogen-bond acceptors (Lipinski definition) is 6. The van der Waals surface area contributed by atoms with Gasteiger partial charge in [-0.2, -0.15) is 0 Å². The van der Waals surface area contributed by atoms with Gasteiger partial charge in [0.1, 0.15) is 23.0 Å². The average molecular weight is 290 g/mol. The van der Waals surface area contributed by atoms with E-state index in [0.717, 1.165) is 18.2 Å². The Morgan fingerprint density at radius 1 is 0.952 bits per heavy atom. The van der Waals surface area contributed by atoms with Gasteiger partial charge in [-0.05, 0) is 36.8 Å². The van der Waals surface area contributed by atoms with Crippen LogP contribution < -0.4 is 0 Å². The molecule has 0 aliphatic carbocycles. The normalized spacial score (nSPS) is 10.3. The third-order valence-corrected chi connectivity index (χ3v) is 2.80. The fraction of sp³-hybridized carbons (Fsp3) is 0.133. The molecule has 0 saturated heterocycles. The fourth-order valence-electron chi connectivity index (χ4n) is 1.98. The Morgan fingerprint density at radius 2 is 1.48 bits per heavy atom. The number of carbonyl (C=O) groups excluding carboxylic acids is 1. The lowest BCUT2D eigenvalue weighted by Crippen LogP contribution is -2.04. The van der Waals surface area contributed by atoms with Crippen molar-refractivity contribution in [2.24, 2.45) is 0 Å². The first-order chi connectivity index (χ1) is 9.92. The highest BCUT2D eigenvalue weighted by molar-refractivity contribution is 5.93. The predicted octanol–water partition coefficient (Wildman–Crippen LogP) is 2.35. The highest BCUT2D eigenvalue weighted by Crippen LogP contribution is 2.40. The lowest BCUT2D eigenvalue weighted by Gasteiger charge is -2.11. The summed E-state index contributed by atoms with van der Waals surface area (Å²) in [7, 11) is 0. The molecule has 2 aromatic carbocycles. The maximum Gasteiger partial charge on any atom is 0.338 e. The fourth-order valence-corrected chi connectivity index (χ4v) is 1.98. The molecule has 0 spiro atoms. The zero-order valence-electron chi connectivity index (χ0n) is 11.2. The van der Waals surface area contributed by atoms with Gasteiger partial charge in [-0.1, -0.05) is 0 Å². The molecule has 0 atom stereocenters. The minimum Gasteiger partial charge on any atom is -0.508 e. The van der Waals surface area contributed by atoms with E-state index in [1.807, 2.05) is 0 Å². The van der Waals surface area contributed by atoms with Gasteiger partial charge in [-0.3, -0.25) is 0 Å². The molecule has 0 aliphatic rings. The third-order valence-electron chi connectivity index (χ3n) is 2.80. The Kier molecular flexibility index (Phi) is 3.89. The first-order valence-electron chi connectivity index (χ1n) is 6.19.